The molecule has 0 aliphatic rings. The van der Waals surface area contributed by atoms with E-state index in [4.69, 9.17) is 16.1 Å². The molecule has 2 aromatic carbocycles. The lowest BCUT2D eigenvalue weighted by molar-refractivity contribution is 0.379. The van der Waals surface area contributed by atoms with Crippen LogP contribution in [0, 0.1) is 6.92 Å². The van der Waals surface area contributed by atoms with Crippen molar-refractivity contribution in [3.63, 3.8) is 0 Å². The van der Waals surface area contributed by atoms with Crippen LogP contribution in [0.3, 0.4) is 0 Å². The molecule has 0 unspecified atom stereocenters. The van der Waals surface area contributed by atoms with Gasteiger partial charge in [0.05, 0.1) is 4.90 Å². The second kappa shape index (κ2) is 7.35. The number of benzene rings is 2. The van der Waals surface area contributed by atoms with Gasteiger partial charge in [0, 0.05) is 23.6 Å². The van der Waals surface area contributed by atoms with Crippen molar-refractivity contribution in [3.8, 4) is 11.4 Å². The van der Waals surface area contributed by atoms with E-state index in [2.05, 4.69) is 14.9 Å². The monoisotopic (exact) mass is 377 g/mol. The number of rotatable bonds is 6. The predicted molar refractivity (Wildman–Crippen MR) is 94.8 cm³/mol. The molecule has 3 aromatic rings. The van der Waals surface area contributed by atoms with Crippen LogP contribution in [0.25, 0.3) is 11.4 Å². The highest BCUT2D eigenvalue weighted by molar-refractivity contribution is 7.89. The van der Waals surface area contributed by atoms with Gasteiger partial charge in [-0.05, 0) is 42.8 Å². The van der Waals surface area contributed by atoms with Gasteiger partial charge >= 0.3 is 0 Å². The maximum atomic E-state index is 12.3. The van der Waals surface area contributed by atoms with Crippen molar-refractivity contribution in [2.45, 2.75) is 18.2 Å². The third-order valence-corrected chi connectivity index (χ3v) is 5.46. The van der Waals surface area contributed by atoms with Crippen molar-refractivity contribution < 1.29 is 12.9 Å². The van der Waals surface area contributed by atoms with Crippen molar-refractivity contribution in [1.29, 1.82) is 0 Å². The molecule has 0 bridgehead atoms. The summed E-state index contributed by atoms with van der Waals surface area (Å²) in [7, 11) is -3.57. The standard InChI is InChI=1S/C17H16ClN3O3S/c1-12-4-2-3-5-15(12)25(22,23)19-11-10-16-20-17(21-24-16)13-6-8-14(18)9-7-13/h2-9,19H,10-11H2,1H3. The highest BCUT2D eigenvalue weighted by Crippen LogP contribution is 2.19. The summed E-state index contributed by atoms with van der Waals surface area (Å²) < 4.78 is 32.3. The average molecular weight is 378 g/mol. The zero-order valence-corrected chi connectivity index (χ0v) is 15.0. The van der Waals surface area contributed by atoms with Gasteiger partial charge in [0.1, 0.15) is 0 Å². The quantitative estimate of drug-likeness (QED) is 0.712. The van der Waals surface area contributed by atoms with Gasteiger partial charge < -0.3 is 4.52 Å². The molecular weight excluding hydrogens is 362 g/mol. The summed E-state index contributed by atoms with van der Waals surface area (Å²) in [5.41, 5.74) is 1.47. The molecule has 0 aliphatic carbocycles. The molecule has 0 amide bonds. The Morgan fingerprint density at radius 3 is 2.56 bits per heavy atom. The fourth-order valence-corrected chi connectivity index (χ4v) is 3.70. The molecule has 0 saturated carbocycles. The number of aromatic nitrogens is 2. The molecule has 0 saturated heterocycles. The minimum Gasteiger partial charge on any atom is -0.339 e. The maximum absolute atomic E-state index is 12.3. The number of hydrogen-bond donors (Lipinski definition) is 1. The molecule has 1 N–H and O–H groups in total. The highest BCUT2D eigenvalue weighted by Gasteiger charge is 2.16. The molecule has 0 atom stereocenters. The van der Waals surface area contributed by atoms with E-state index < -0.39 is 10.0 Å². The SMILES string of the molecule is Cc1ccccc1S(=O)(=O)NCCc1nc(-c2ccc(Cl)cc2)no1. The molecule has 0 spiro atoms. The van der Waals surface area contributed by atoms with E-state index in [1.54, 1.807) is 55.5 Å². The van der Waals surface area contributed by atoms with Gasteiger partial charge in [0.15, 0.2) is 0 Å². The van der Waals surface area contributed by atoms with Crippen LogP contribution in [0.5, 0.6) is 0 Å². The predicted octanol–water partition coefficient (Wildman–Crippen LogP) is 3.22. The van der Waals surface area contributed by atoms with Crippen molar-refractivity contribution in [2.24, 2.45) is 0 Å². The third-order valence-electron chi connectivity index (χ3n) is 3.58. The van der Waals surface area contributed by atoms with E-state index in [0.29, 0.717) is 28.7 Å². The van der Waals surface area contributed by atoms with Crippen molar-refractivity contribution in [1.82, 2.24) is 14.9 Å². The lowest BCUT2D eigenvalue weighted by Gasteiger charge is -2.07. The highest BCUT2D eigenvalue weighted by atomic mass is 35.5. The topological polar surface area (TPSA) is 85.1 Å². The second-order valence-corrected chi connectivity index (χ2v) is 7.60. The van der Waals surface area contributed by atoms with E-state index in [-0.39, 0.29) is 11.4 Å². The lowest BCUT2D eigenvalue weighted by atomic mass is 10.2. The van der Waals surface area contributed by atoms with Crippen LogP contribution in [0.2, 0.25) is 5.02 Å². The van der Waals surface area contributed by atoms with Crippen LogP contribution in [0.4, 0.5) is 0 Å². The molecule has 0 aliphatic heterocycles. The molecule has 130 valence electrons. The largest absolute Gasteiger partial charge is 0.339 e. The molecular formula is C17H16ClN3O3S. The summed E-state index contributed by atoms with van der Waals surface area (Å²) in [4.78, 5) is 4.53. The van der Waals surface area contributed by atoms with Crippen LogP contribution in [-0.4, -0.2) is 25.1 Å². The van der Waals surface area contributed by atoms with Gasteiger partial charge in [-0.25, -0.2) is 13.1 Å². The average Bonchev–Trinajstić information content (AvgIpc) is 3.04. The van der Waals surface area contributed by atoms with Gasteiger partial charge in [-0.3, -0.25) is 0 Å². The lowest BCUT2D eigenvalue weighted by Crippen LogP contribution is -2.26. The van der Waals surface area contributed by atoms with Crippen LogP contribution in [0.15, 0.2) is 57.9 Å². The normalized spacial score (nSPS) is 11.6. The summed E-state index contributed by atoms with van der Waals surface area (Å²) in [5.74, 6) is 0.797. The van der Waals surface area contributed by atoms with Crippen molar-refractivity contribution in [3.05, 3.63) is 65.0 Å². The first-order chi connectivity index (χ1) is 12.0. The number of nitrogens with zero attached hydrogens (tertiary/aromatic N) is 2. The van der Waals surface area contributed by atoms with E-state index in [1.165, 1.54) is 0 Å². The molecule has 25 heavy (non-hydrogen) atoms. The Labute approximate surface area is 150 Å². The van der Waals surface area contributed by atoms with Gasteiger partial charge in [0.2, 0.25) is 21.7 Å². The molecule has 6 nitrogen and oxygen atoms in total. The Morgan fingerprint density at radius 1 is 1.12 bits per heavy atom. The van der Waals surface area contributed by atoms with E-state index in [9.17, 15) is 8.42 Å². The van der Waals surface area contributed by atoms with Crippen LogP contribution < -0.4 is 4.72 Å². The number of hydrogen-bond acceptors (Lipinski definition) is 5. The Bertz CT molecular complexity index is 969. The van der Waals surface area contributed by atoms with Gasteiger partial charge in [-0.1, -0.05) is 35.0 Å². The fourth-order valence-electron chi connectivity index (χ4n) is 2.30. The first-order valence-corrected chi connectivity index (χ1v) is 9.46. The van der Waals surface area contributed by atoms with E-state index in [0.717, 1.165) is 5.56 Å². The smallest absolute Gasteiger partial charge is 0.240 e. The minimum atomic E-state index is -3.57. The summed E-state index contributed by atoms with van der Waals surface area (Å²) in [6.07, 6.45) is 0.297. The third kappa shape index (κ3) is 4.25. The molecule has 1 aromatic heterocycles. The second-order valence-electron chi connectivity index (χ2n) is 5.43. The van der Waals surface area contributed by atoms with E-state index in [1.807, 2.05) is 0 Å². The molecule has 0 radical (unpaired) electrons. The summed E-state index contributed by atoms with van der Waals surface area (Å²) in [6.45, 7) is 1.92. The summed E-state index contributed by atoms with van der Waals surface area (Å²) in [6, 6.07) is 13.9. The molecule has 0 fully saturated rings. The van der Waals surface area contributed by atoms with Crippen molar-refractivity contribution >= 4 is 21.6 Å². The van der Waals surface area contributed by atoms with Crippen LogP contribution in [-0.2, 0) is 16.4 Å². The summed E-state index contributed by atoms with van der Waals surface area (Å²) >= 11 is 5.85. The number of halogens is 1. The number of nitrogens with one attached hydrogen (secondary N) is 1. The molecule has 1 heterocycles. The first kappa shape index (κ1) is 17.6. The zero-order valence-electron chi connectivity index (χ0n) is 13.4. The molecule has 8 heteroatoms. The Balaban J connectivity index is 1.63. The van der Waals surface area contributed by atoms with E-state index >= 15 is 0 Å². The number of aryl methyl sites for hydroxylation is 1. The zero-order chi connectivity index (χ0) is 17.9. The summed E-state index contributed by atoms with van der Waals surface area (Å²) in [5, 5.41) is 4.52. The van der Waals surface area contributed by atoms with Crippen LogP contribution in [0.1, 0.15) is 11.5 Å². The Morgan fingerprint density at radius 2 is 1.84 bits per heavy atom. The molecule has 3 rings (SSSR count). The van der Waals surface area contributed by atoms with Gasteiger partial charge in [-0.2, -0.15) is 4.98 Å². The fraction of sp³-hybridized carbons (Fsp3) is 0.176. The minimum absolute atomic E-state index is 0.166. The Kier molecular flexibility index (Phi) is 5.17. The van der Waals surface area contributed by atoms with Crippen molar-refractivity contribution in [2.75, 3.05) is 6.54 Å². The van der Waals surface area contributed by atoms with Gasteiger partial charge in [-0.15, -0.1) is 0 Å². The van der Waals surface area contributed by atoms with Crippen LogP contribution >= 0.6 is 11.6 Å². The Hall–Kier alpha value is -2.22. The first-order valence-electron chi connectivity index (χ1n) is 7.59. The maximum Gasteiger partial charge on any atom is 0.240 e. The van der Waals surface area contributed by atoms with Gasteiger partial charge in [0.25, 0.3) is 0 Å². The number of sulfonamides is 1.